The first-order valence-corrected chi connectivity index (χ1v) is 16.2. The number of aliphatic hydroxyl groups excluding tert-OH is 1. The summed E-state index contributed by atoms with van der Waals surface area (Å²) in [6, 6.07) is 26.3. The van der Waals surface area contributed by atoms with Gasteiger partial charge < -0.3 is 24.8 Å². The minimum Gasteiger partial charge on any atom is -0.463 e. The van der Waals surface area contributed by atoms with Crippen LogP contribution in [0.15, 0.2) is 110 Å². The average Bonchev–Trinajstić information content (AvgIpc) is 3.10. The molecule has 4 rings (SSSR count). The molecule has 0 aliphatic carbocycles. The number of carbonyl (C=O) groups is 3. The van der Waals surface area contributed by atoms with Gasteiger partial charge in [0.1, 0.15) is 6.61 Å². The Kier molecular flexibility index (Phi) is 14.0. The molecule has 248 valence electrons. The van der Waals surface area contributed by atoms with Crippen LogP contribution in [-0.2, 0) is 49.9 Å². The fourth-order valence-electron chi connectivity index (χ4n) is 5.86. The van der Waals surface area contributed by atoms with Crippen molar-refractivity contribution in [2.24, 2.45) is 11.8 Å². The Morgan fingerprint density at radius 2 is 1.47 bits per heavy atom. The van der Waals surface area contributed by atoms with Gasteiger partial charge in [-0.25, -0.2) is 0 Å². The molecular formula is C39H46N2O6. The third kappa shape index (κ3) is 10.8. The van der Waals surface area contributed by atoms with E-state index in [1.54, 1.807) is 17.1 Å². The summed E-state index contributed by atoms with van der Waals surface area (Å²) in [7, 11) is 0. The van der Waals surface area contributed by atoms with Crippen LogP contribution in [0.4, 0.5) is 0 Å². The summed E-state index contributed by atoms with van der Waals surface area (Å²) in [5, 5.41) is 13.1. The van der Waals surface area contributed by atoms with Crippen molar-refractivity contribution < 1.29 is 29.0 Å². The lowest BCUT2D eigenvalue weighted by molar-refractivity contribution is -0.150. The van der Waals surface area contributed by atoms with E-state index in [0.29, 0.717) is 32.4 Å². The Balaban J connectivity index is 1.42. The van der Waals surface area contributed by atoms with Crippen LogP contribution in [0, 0.1) is 11.8 Å². The van der Waals surface area contributed by atoms with Crippen molar-refractivity contribution in [3.8, 4) is 0 Å². The molecular weight excluding hydrogens is 592 g/mol. The SMILES string of the molecule is C=CC[C@H](CC(=O)N1Cc2ccccc2C[C@H]1CO)C(=O)N[C@@H](COCc1ccccc1)COC(=O)[C@@H](CC=C)Cc1ccccc1. The predicted molar refractivity (Wildman–Crippen MR) is 182 cm³/mol. The molecule has 0 spiro atoms. The van der Waals surface area contributed by atoms with Crippen molar-refractivity contribution in [2.75, 3.05) is 19.8 Å². The van der Waals surface area contributed by atoms with Crippen molar-refractivity contribution >= 4 is 17.8 Å². The van der Waals surface area contributed by atoms with Crippen LogP contribution in [0.25, 0.3) is 0 Å². The number of hydrogen-bond acceptors (Lipinski definition) is 6. The monoisotopic (exact) mass is 638 g/mol. The van der Waals surface area contributed by atoms with Crippen LogP contribution < -0.4 is 5.32 Å². The van der Waals surface area contributed by atoms with Crippen LogP contribution in [-0.4, -0.2) is 59.7 Å². The molecule has 2 N–H and O–H groups in total. The van der Waals surface area contributed by atoms with E-state index in [2.05, 4.69) is 18.5 Å². The lowest BCUT2D eigenvalue weighted by Crippen LogP contribution is -2.49. The minimum atomic E-state index is -0.699. The van der Waals surface area contributed by atoms with Gasteiger partial charge in [0.05, 0.1) is 43.7 Å². The number of amides is 2. The highest BCUT2D eigenvalue weighted by molar-refractivity contribution is 5.86. The van der Waals surface area contributed by atoms with Gasteiger partial charge in [-0.1, -0.05) is 97.1 Å². The smallest absolute Gasteiger partial charge is 0.309 e. The number of rotatable bonds is 18. The molecule has 0 saturated heterocycles. The first kappa shape index (κ1) is 35.3. The zero-order chi connectivity index (χ0) is 33.4. The van der Waals surface area contributed by atoms with E-state index in [9.17, 15) is 19.5 Å². The van der Waals surface area contributed by atoms with E-state index in [1.165, 1.54) is 0 Å². The number of nitrogens with zero attached hydrogens (tertiary/aromatic N) is 1. The highest BCUT2D eigenvalue weighted by Gasteiger charge is 2.32. The van der Waals surface area contributed by atoms with E-state index >= 15 is 0 Å². The van der Waals surface area contributed by atoms with Crippen molar-refractivity contribution in [1.29, 1.82) is 0 Å². The van der Waals surface area contributed by atoms with Gasteiger partial charge in [-0.15, -0.1) is 13.2 Å². The molecule has 3 aromatic rings. The number of esters is 1. The van der Waals surface area contributed by atoms with E-state index < -0.39 is 17.9 Å². The highest BCUT2D eigenvalue weighted by Crippen LogP contribution is 2.25. The molecule has 1 aliphatic heterocycles. The van der Waals surface area contributed by atoms with Crippen LogP contribution >= 0.6 is 0 Å². The number of nitrogens with one attached hydrogen (secondary N) is 1. The van der Waals surface area contributed by atoms with Crippen LogP contribution in [0.2, 0.25) is 0 Å². The average molecular weight is 639 g/mol. The third-order valence-electron chi connectivity index (χ3n) is 8.44. The summed E-state index contributed by atoms with van der Waals surface area (Å²) in [5.41, 5.74) is 4.14. The van der Waals surface area contributed by atoms with Gasteiger partial charge in [-0.05, 0) is 47.9 Å². The Morgan fingerprint density at radius 1 is 0.851 bits per heavy atom. The summed E-state index contributed by atoms with van der Waals surface area (Å²) in [5.74, 6) is -2.06. The molecule has 8 heteroatoms. The molecule has 8 nitrogen and oxygen atoms in total. The Bertz CT molecular complexity index is 1460. The standard InChI is InChI=1S/C39H46N2O6/c1-3-13-32(23-37(43)41-24-34-20-12-11-19-31(34)22-36(41)25-42)38(44)40-35(27-46-26-30-17-9-6-10-18-30)28-47-39(45)33(14-4-2)21-29-15-7-5-8-16-29/h3-12,15-20,32-33,35-36,42H,1-2,13-14,21-28H2,(H,40,44)/t32-,33+,35+,36+/m1/s1. The quantitative estimate of drug-likeness (QED) is 0.147. The highest BCUT2D eigenvalue weighted by atomic mass is 16.5. The van der Waals surface area contributed by atoms with Gasteiger partial charge >= 0.3 is 5.97 Å². The maximum Gasteiger partial charge on any atom is 0.309 e. The minimum absolute atomic E-state index is 0.0492. The predicted octanol–water partition coefficient (Wildman–Crippen LogP) is 5.19. The van der Waals surface area contributed by atoms with Gasteiger partial charge in [-0.3, -0.25) is 14.4 Å². The topological polar surface area (TPSA) is 105 Å². The first-order valence-electron chi connectivity index (χ1n) is 16.2. The lowest BCUT2D eigenvalue weighted by Gasteiger charge is -2.36. The maximum atomic E-state index is 13.7. The Morgan fingerprint density at radius 3 is 2.13 bits per heavy atom. The number of hydrogen-bond donors (Lipinski definition) is 2. The summed E-state index contributed by atoms with van der Waals surface area (Å²) >= 11 is 0. The largest absolute Gasteiger partial charge is 0.463 e. The summed E-state index contributed by atoms with van der Waals surface area (Å²) < 4.78 is 11.7. The number of allylic oxidation sites excluding steroid dienone is 2. The van der Waals surface area contributed by atoms with Gasteiger partial charge in [0, 0.05) is 13.0 Å². The maximum absolute atomic E-state index is 13.7. The van der Waals surface area contributed by atoms with Crippen LogP contribution in [0.5, 0.6) is 0 Å². The summed E-state index contributed by atoms with van der Waals surface area (Å²) in [6.07, 6.45) is 5.07. The summed E-state index contributed by atoms with van der Waals surface area (Å²) in [6.45, 7) is 8.16. The molecule has 1 aliphatic rings. The van der Waals surface area contributed by atoms with Crippen molar-refractivity contribution in [3.05, 3.63) is 132 Å². The molecule has 0 radical (unpaired) electrons. The van der Waals surface area contributed by atoms with Crippen LogP contribution in [0.3, 0.4) is 0 Å². The normalized spacial score (nSPS) is 15.9. The number of benzene rings is 3. The zero-order valence-electron chi connectivity index (χ0n) is 27.0. The molecule has 2 amide bonds. The van der Waals surface area contributed by atoms with E-state index in [4.69, 9.17) is 9.47 Å². The third-order valence-corrected chi connectivity index (χ3v) is 8.44. The second-order valence-electron chi connectivity index (χ2n) is 12.0. The number of fused-ring (bicyclic) bond motifs is 1. The first-order chi connectivity index (χ1) is 22.9. The van der Waals surface area contributed by atoms with E-state index in [0.717, 1.165) is 22.3 Å². The molecule has 0 saturated carbocycles. The lowest BCUT2D eigenvalue weighted by atomic mass is 9.92. The number of ether oxygens (including phenoxy) is 2. The Labute approximate surface area is 278 Å². The molecule has 0 unspecified atom stereocenters. The van der Waals surface area contributed by atoms with Crippen molar-refractivity contribution in [3.63, 3.8) is 0 Å². The molecule has 1 heterocycles. The molecule has 0 fully saturated rings. The summed E-state index contributed by atoms with van der Waals surface area (Å²) in [4.78, 5) is 42.1. The van der Waals surface area contributed by atoms with Gasteiger partial charge in [0.2, 0.25) is 11.8 Å². The second kappa shape index (κ2) is 18.6. The Hall–Kier alpha value is -4.53. The van der Waals surface area contributed by atoms with E-state index in [-0.39, 0.29) is 56.5 Å². The van der Waals surface area contributed by atoms with Gasteiger partial charge in [0.15, 0.2) is 0 Å². The number of carbonyl (C=O) groups excluding carboxylic acids is 3. The molecule has 47 heavy (non-hydrogen) atoms. The molecule has 4 atom stereocenters. The zero-order valence-corrected chi connectivity index (χ0v) is 27.0. The number of aliphatic hydroxyl groups is 1. The van der Waals surface area contributed by atoms with Crippen LogP contribution in [0.1, 0.15) is 41.5 Å². The molecule has 0 aromatic heterocycles. The second-order valence-corrected chi connectivity index (χ2v) is 12.0. The van der Waals surface area contributed by atoms with Crippen molar-refractivity contribution in [1.82, 2.24) is 10.2 Å². The van der Waals surface area contributed by atoms with E-state index in [1.807, 2.05) is 84.9 Å². The molecule has 3 aromatic carbocycles. The molecule has 0 bridgehead atoms. The van der Waals surface area contributed by atoms with Crippen molar-refractivity contribution in [2.45, 2.75) is 57.3 Å². The van der Waals surface area contributed by atoms with Gasteiger partial charge in [0.25, 0.3) is 0 Å². The fraction of sp³-hybridized carbons (Fsp3) is 0.359. The van der Waals surface area contributed by atoms with Gasteiger partial charge in [-0.2, -0.15) is 0 Å². The fourth-order valence-corrected chi connectivity index (χ4v) is 5.86.